The fourth-order valence-electron chi connectivity index (χ4n) is 5.70. The minimum atomic E-state index is -0.643. The smallest absolute Gasteiger partial charge is 0.261 e. The Hall–Kier alpha value is -2.14. The van der Waals surface area contributed by atoms with E-state index in [0.29, 0.717) is 0 Å². The number of nitrogens with zero attached hydrogens (tertiary/aromatic N) is 1. The van der Waals surface area contributed by atoms with E-state index in [1.54, 1.807) is 6.07 Å². The van der Waals surface area contributed by atoms with Crippen molar-refractivity contribution in [1.29, 1.82) is 0 Å². The zero-order chi connectivity index (χ0) is 22.2. The van der Waals surface area contributed by atoms with Crippen LogP contribution < -0.4 is 11.3 Å². The lowest BCUT2D eigenvalue weighted by Crippen LogP contribution is -2.43. The number of pyridine rings is 1. The fraction of sp³-hybridized carbons (Fsp3) is 0.615. The lowest BCUT2D eigenvalue weighted by Gasteiger charge is -2.42. The van der Waals surface area contributed by atoms with Gasteiger partial charge in [0.2, 0.25) is 0 Å². The summed E-state index contributed by atoms with van der Waals surface area (Å²) >= 11 is 0. The lowest BCUT2D eigenvalue weighted by atomic mass is 9.68. The van der Waals surface area contributed by atoms with Crippen molar-refractivity contribution in [2.24, 2.45) is 17.1 Å². The van der Waals surface area contributed by atoms with Crippen LogP contribution in [0.5, 0.6) is 0 Å². The number of nitrogens with one attached hydrogen (secondary N) is 1. The molecule has 3 N–H and O–H groups in total. The summed E-state index contributed by atoms with van der Waals surface area (Å²) in [5.41, 5.74) is 11.8. The van der Waals surface area contributed by atoms with Gasteiger partial charge in [-0.1, -0.05) is 17.2 Å². The number of nitrogens with two attached hydrogens (primary N) is 1. The molecule has 4 rings (SSSR count). The van der Waals surface area contributed by atoms with Gasteiger partial charge in [0.25, 0.3) is 11.5 Å². The Morgan fingerprint density at radius 1 is 1.29 bits per heavy atom. The van der Waals surface area contributed by atoms with E-state index in [2.05, 4.69) is 36.7 Å². The van der Waals surface area contributed by atoms with Gasteiger partial charge in [0, 0.05) is 18.8 Å². The van der Waals surface area contributed by atoms with Gasteiger partial charge in [-0.05, 0) is 107 Å². The summed E-state index contributed by atoms with van der Waals surface area (Å²) in [7, 11) is 0. The van der Waals surface area contributed by atoms with Gasteiger partial charge in [0.1, 0.15) is 5.56 Å². The van der Waals surface area contributed by atoms with Crippen molar-refractivity contribution in [2.45, 2.75) is 72.1 Å². The number of carbonyl (C=O) groups excluding carboxylic acids is 1. The van der Waals surface area contributed by atoms with Crippen LogP contribution in [0.2, 0.25) is 0 Å². The summed E-state index contributed by atoms with van der Waals surface area (Å²) in [4.78, 5) is 29.7. The van der Waals surface area contributed by atoms with Crippen molar-refractivity contribution in [3.63, 3.8) is 0 Å². The average Bonchev–Trinajstić information content (AvgIpc) is 3.49. The Morgan fingerprint density at radius 3 is 2.74 bits per heavy atom. The number of hydrogen-bond donors (Lipinski definition) is 2. The third kappa shape index (κ3) is 5.20. The number of aryl methyl sites for hydroxylation is 1. The summed E-state index contributed by atoms with van der Waals surface area (Å²) in [6.07, 6.45) is 11.3. The number of aromatic nitrogens is 1. The van der Waals surface area contributed by atoms with Crippen LogP contribution in [-0.4, -0.2) is 35.4 Å². The van der Waals surface area contributed by atoms with Crippen LogP contribution in [0.15, 0.2) is 33.7 Å². The highest BCUT2D eigenvalue weighted by atomic mass is 16.2. The SMILES string of the molecule is CC(C)=CC1=C(C)CC2(CCc3[nH]c(=O)c(C(N)=O)cc3C2)CN(CC2CC2)CCC1. The number of fused-ring (bicyclic) bond motifs is 1. The van der Waals surface area contributed by atoms with Gasteiger partial charge in [-0.25, -0.2) is 0 Å². The van der Waals surface area contributed by atoms with Crippen LogP contribution >= 0.6 is 0 Å². The Kier molecular flexibility index (Phi) is 6.25. The first-order valence-electron chi connectivity index (χ1n) is 11.9. The molecule has 31 heavy (non-hydrogen) atoms. The van der Waals surface area contributed by atoms with Crippen LogP contribution in [0.1, 0.15) is 80.9 Å². The van der Waals surface area contributed by atoms with Crippen LogP contribution in [0.3, 0.4) is 0 Å². The second-order valence-electron chi connectivity index (χ2n) is 10.5. The molecule has 168 valence electrons. The van der Waals surface area contributed by atoms with Crippen molar-refractivity contribution in [3.8, 4) is 0 Å². The standard InChI is InChI=1S/C26H37N3O2/c1-17(2)11-20-5-4-10-29(15-19-6-7-19)16-26(13-18(20)3)9-8-23-21(14-26)12-22(24(27)30)25(31)28-23/h11-12,19H,4-10,13-16H2,1-3H3,(H2,27,30)(H,28,31). The van der Waals surface area contributed by atoms with E-state index in [1.165, 1.54) is 42.5 Å². The normalized spacial score (nSPS) is 24.9. The van der Waals surface area contributed by atoms with E-state index in [9.17, 15) is 9.59 Å². The van der Waals surface area contributed by atoms with Gasteiger partial charge in [-0.15, -0.1) is 0 Å². The van der Waals surface area contributed by atoms with Crippen molar-refractivity contribution in [2.75, 3.05) is 19.6 Å². The predicted octanol–water partition coefficient (Wildman–Crippen LogP) is 4.13. The van der Waals surface area contributed by atoms with Gasteiger partial charge in [0.15, 0.2) is 0 Å². The minimum Gasteiger partial charge on any atom is -0.365 e. The summed E-state index contributed by atoms with van der Waals surface area (Å²) in [6, 6.07) is 1.77. The number of primary amides is 1. The van der Waals surface area contributed by atoms with Crippen molar-refractivity contribution in [3.05, 3.63) is 56.0 Å². The molecule has 1 saturated carbocycles. The summed E-state index contributed by atoms with van der Waals surface area (Å²) in [5, 5.41) is 0. The van der Waals surface area contributed by atoms with Crippen molar-refractivity contribution < 1.29 is 4.79 Å². The molecule has 1 spiro atoms. The summed E-state index contributed by atoms with van der Waals surface area (Å²) in [5.74, 6) is 0.230. The molecule has 5 heteroatoms. The van der Waals surface area contributed by atoms with Crippen LogP contribution in [0.4, 0.5) is 0 Å². The molecular formula is C26H37N3O2. The maximum atomic E-state index is 12.2. The molecular weight excluding hydrogens is 386 g/mol. The second-order valence-corrected chi connectivity index (χ2v) is 10.5. The molecule has 0 aromatic carbocycles. The number of carbonyl (C=O) groups is 1. The number of allylic oxidation sites excluding steroid dienone is 4. The molecule has 0 radical (unpaired) electrons. The lowest BCUT2D eigenvalue weighted by molar-refractivity contribution is 0.0997. The molecule has 1 aromatic heterocycles. The predicted molar refractivity (Wildman–Crippen MR) is 125 cm³/mol. The Bertz CT molecular complexity index is 979. The number of H-pyrrole nitrogens is 1. The van der Waals surface area contributed by atoms with Gasteiger partial charge >= 0.3 is 0 Å². The minimum absolute atomic E-state index is 0.0891. The third-order valence-electron chi connectivity index (χ3n) is 7.30. The number of rotatable bonds is 4. The molecule has 5 nitrogen and oxygen atoms in total. The van der Waals surface area contributed by atoms with Crippen molar-refractivity contribution >= 4 is 5.91 Å². The van der Waals surface area contributed by atoms with E-state index in [-0.39, 0.29) is 16.5 Å². The third-order valence-corrected chi connectivity index (χ3v) is 7.30. The highest BCUT2D eigenvalue weighted by Gasteiger charge is 2.39. The molecule has 1 atom stereocenters. The molecule has 0 saturated heterocycles. The first-order valence-corrected chi connectivity index (χ1v) is 11.9. The van der Waals surface area contributed by atoms with E-state index in [1.807, 2.05) is 0 Å². The second kappa shape index (κ2) is 8.78. The summed E-state index contributed by atoms with van der Waals surface area (Å²) in [6.45, 7) is 10.1. The largest absolute Gasteiger partial charge is 0.365 e. The zero-order valence-corrected chi connectivity index (χ0v) is 19.4. The van der Waals surface area contributed by atoms with Gasteiger partial charge in [-0.3, -0.25) is 9.59 Å². The van der Waals surface area contributed by atoms with Gasteiger partial charge in [-0.2, -0.15) is 0 Å². The van der Waals surface area contributed by atoms with E-state index in [0.717, 1.165) is 62.4 Å². The molecule has 2 aliphatic carbocycles. The average molecular weight is 424 g/mol. The molecule has 1 aromatic rings. The molecule has 0 bridgehead atoms. The van der Waals surface area contributed by atoms with Crippen molar-refractivity contribution in [1.82, 2.24) is 9.88 Å². The molecule has 1 fully saturated rings. The highest BCUT2D eigenvalue weighted by Crippen LogP contribution is 2.43. The Labute approximate surface area is 185 Å². The molecule has 2 heterocycles. The van der Waals surface area contributed by atoms with E-state index in [4.69, 9.17) is 5.73 Å². The molecule has 3 aliphatic rings. The Morgan fingerprint density at radius 2 is 2.06 bits per heavy atom. The first kappa shape index (κ1) is 22.1. The van der Waals surface area contributed by atoms with E-state index >= 15 is 0 Å². The molecule has 1 unspecified atom stereocenters. The quantitative estimate of drug-likeness (QED) is 0.764. The fourth-order valence-corrected chi connectivity index (χ4v) is 5.70. The van der Waals surface area contributed by atoms with Crippen LogP contribution in [0, 0.1) is 11.3 Å². The maximum Gasteiger partial charge on any atom is 0.261 e. The number of aromatic amines is 1. The number of amides is 1. The van der Waals surface area contributed by atoms with E-state index < -0.39 is 5.91 Å². The van der Waals surface area contributed by atoms with Crippen LogP contribution in [0.25, 0.3) is 0 Å². The topological polar surface area (TPSA) is 79.2 Å². The first-order chi connectivity index (χ1) is 14.7. The Balaban J connectivity index is 1.70. The molecule has 1 aliphatic heterocycles. The van der Waals surface area contributed by atoms with Gasteiger partial charge in [0.05, 0.1) is 0 Å². The zero-order valence-electron chi connectivity index (χ0n) is 19.4. The maximum absolute atomic E-state index is 12.2. The molecule has 1 amide bonds. The monoisotopic (exact) mass is 423 g/mol. The number of hydrogen-bond acceptors (Lipinski definition) is 3. The van der Waals surface area contributed by atoms with Gasteiger partial charge < -0.3 is 15.6 Å². The summed E-state index contributed by atoms with van der Waals surface area (Å²) < 4.78 is 0. The van der Waals surface area contributed by atoms with Crippen LogP contribution in [-0.2, 0) is 12.8 Å². The highest BCUT2D eigenvalue weighted by molar-refractivity contribution is 5.92.